The van der Waals surface area contributed by atoms with Crippen LogP contribution in [0.3, 0.4) is 0 Å². The van der Waals surface area contributed by atoms with Crippen molar-refractivity contribution in [3.63, 3.8) is 0 Å². The number of aromatic nitrogens is 2. The van der Waals surface area contributed by atoms with Crippen molar-refractivity contribution in [1.82, 2.24) is 14.9 Å². The number of pyridine rings is 1. The Kier molecular flexibility index (Phi) is 6.07. The van der Waals surface area contributed by atoms with Crippen LogP contribution in [0.25, 0.3) is 22.6 Å². The van der Waals surface area contributed by atoms with Crippen molar-refractivity contribution < 1.29 is 14.3 Å². The molecule has 0 saturated carbocycles. The molecule has 3 aromatic rings. The lowest BCUT2D eigenvalue weighted by Crippen LogP contribution is -2.51. The van der Waals surface area contributed by atoms with Gasteiger partial charge in [-0.15, -0.1) is 0 Å². The summed E-state index contributed by atoms with van der Waals surface area (Å²) in [6.07, 6.45) is 6.73. The first-order chi connectivity index (χ1) is 15.5. The zero-order valence-corrected chi connectivity index (χ0v) is 18.3. The van der Waals surface area contributed by atoms with Gasteiger partial charge in [0.2, 0.25) is 0 Å². The molecule has 1 saturated heterocycles. The number of H-pyrrole nitrogens is 1. The molecule has 1 aliphatic rings. The Morgan fingerprint density at radius 1 is 1.16 bits per heavy atom. The fourth-order valence-corrected chi connectivity index (χ4v) is 4.08. The quantitative estimate of drug-likeness (QED) is 0.494. The second kappa shape index (κ2) is 9.09. The molecule has 4 rings (SSSR count). The lowest BCUT2D eigenvalue weighted by molar-refractivity contribution is -0.126. The summed E-state index contributed by atoms with van der Waals surface area (Å²) in [5, 5.41) is 3.48. The van der Waals surface area contributed by atoms with E-state index in [4.69, 9.17) is 4.74 Å². The zero-order chi connectivity index (χ0) is 22.7. The standard InChI is InChI=1S/C25H26N4O3/c1-4-7-21-22(17(2)32-3)20(16-27-21)23(30)25(31)29-14-12-28(13-15-29)24-19-9-6-5-8-18(19)10-11-26-24/h4-11,16,27H,1,12-15H2,2-3H3/b21-7+,22-17+. The molecule has 0 atom stereocenters. The van der Waals surface area contributed by atoms with Crippen molar-refractivity contribution in [2.24, 2.45) is 0 Å². The Balaban J connectivity index is 1.54. The van der Waals surface area contributed by atoms with Crippen LogP contribution in [0.1, 0.15) is 17.3 Å². The first-order valence-corrected chi connectivity index (χ1v) is 10.5. The van der Waals surface area contributed by atoms with Gasteiger partial charge in [-0.2, -0.15) is 0 Å². The van der Waals surface area contributed by atoms with E-state index in [1.807, 2.05) is 18.2 Å². The van der Waals surface area contributed by atoms with Gasteiger partial charge in [0.1, 0.15) is 11.6 Å². The number of hydrogen-bond acceptors (Lipinski definition) is 5. The predicted molar refractivity (Wildman–Crippen MR) is 126 cm³/mol. The third kappa shape index (κ3) is 3.89. The summed E-state index contributed by atoms with van der Waals surface area (Å²) in [6.45, 7) is 7.59. The van der Waals surface area contributed by atoms with Gasteiger partial charge in [-0.3, -0.25) is 9.59 Å². The highest BCUT2D eigenvalue weighted by molar-refractivity contribution is 6.42. The Morgan fingerprint density at radius 2 is 1.91 bits per heavy atom. The molecule has 1 fully saturated rings. The summed E-state index contributed by atoms with van der Waals surface area (Å²) in [6, 6.07) is 10.1. The number of nitrogens with zero attached hydrogens (tertiary/aromatic N) is 3. The number of anilines is 1. The molecule has 1 N–H and O–H groups in total. The van der Waals surface area contributed by atoms with Crippen LogP contribution in [0.4, 0.5) is 5.82 Å². The number of rotatable bonds is 5. The minimum absolute atomic E-state index is 0.306. The van der Waals surface area contributed by atoms with E-state index < -0.39 is 11.7 Å². The number of fused-ring (bicyclic) bond motifs is 1. The number of carbonyl (C=O) groups excluding carboxylic acids is 2. The molecule has 1 aromatic carbocycles. The summed E-state index contributed by atoms with van der Waals surface area (Å²) >= 11 is 0. The SMILES string of the molecule is C=C/C=c1/[nH]cc(C(=O)C(=O)N2CCN(c3nccc4ccccc34)CC2)/c1=C(/C)OC. The molecule has 0 bridgehead atoms. The van der Waals surface area contributed by atoms with Crippen molar-refractivity contribution in [3.05, 3.63) is 71.5 Å². The zero-order valence-electron chi connectivity index (χ0n) is 18.3. The maximum atomic E-state index is 13.1. The van der Waals surface area contributed by atoms with E-state index in [1.54, 1.807) is 36.4 Å². The van der Waals surface area contributed by atoms with Gasteiger partial charge in [0.25, 0.3) is 11.7 Å². The second-order valence-electron chi connectivity index (χ2n) is 7.62. The normalized spacial score (nSPS) is 15.6. The van der Waals surface area contributed by atoms with Crippen LogP contribution in [0, 0.1) is 0 Å². The summed E-state index contributed by atoms with van der Waals surface area (Å²) in [7, 11) is 1.54. The first-order valence-electron chi connectivity index (χ1n) is 10.5. The average Bonchev–Trinajstić information content (AvgIpc) is 3.26. The second-order valence-corrected chi connectivity index (χ2v) is 7.62. The molecule has 0 unspecified atom stereocenters. The van der Waals surface area contributed by atoms with Crippen LogP contribution in [0.15, 0.2) is 55.4 Å². The minimum atomic E-state index is -0.548. The molecule has 7 nitrogen and oxygen atoms in total. The molecule has 1 aliphatic heterocycles. The number of nitrogens with one attached hydrogen (secondary N) is 1. The Labute approximate surface area is 186 Å². The maximum absolute atomic E-state index is 13.1. The monoisotopic (exact) mass is 430 g/mol. The van der Waals surface area contributed by atoms with Crippen LogP contribution in [0.2, 0.25) is 0 Å². The molecule has 0 radical (unpaired) electrons. The van der Waals surface area contributed by atoms with Crippen molar-refractivity contribution in [2.45, 2.75) is 6.92 Å². The fraction of sp³-hybridized carbons (Fsp3) is 0.240. The third-order valence-corrected chi connectivity index (χ3v) is 5.81. The van der Waals surface area contributed by atoms with Crippen LogP contribution in [-0.2, 0) is 9.53 Å². The van der Waals surface area contributed by atoms with Crippen LogP contribution in [0.5, 0.6) is 0 Å². The Bertz CT molecular complexity index is 1290. The number of aromatic amines is 1. The van der Waals surface area contributed by atoms with Crippen LogP contribution >= 0.6 is 0 Å². The maximum Gasteiger partial charge on any atom is 0.295 e. The topological polar surface area (TPSA) is 78.5 Å². The molecule has 0 spiro atoms. The van der Waals surface area contributed by atoms with Crippen LogP contribution in [-0.4, -0.2) is 59.8 Å². The number of hydrogen-bond donors (Lipinski definition) is 1. The van der Waals surface area contributed by atoms with E-state index in [0.29, 0.717) is 48.1 Å². The van der Waals surface area contributed by atoms with E-state index in [2.05, 4.69) is 33.6 Å². The lowest BCUT2D eigenvalue weighted by Gasteiger charge is -2.35. The summed E-state index contributed by atoms with van der Waals surface area (Å²) in [5.74, 6) is 0.407. The Hall–Kier alpha value is -3.87. The highest BCUT2D eigenvalue weighted by Gasteiger charge is 2.29. The minimum Gasteiger partial charge on any atom is -0.501 e. The molecule has 2 aromatic heterocycles. The van der Waals surface area contributed by atoms with E-state index >= 15 is 0 Å². The van der Waals surface area contributed by atoms with Gasteiger partial charge in [-0.1, -0.05) is 36.9 Å². The summed E-state index contributed by atoms with van der Waals surface area (Å²) in [4.78, 5) is 37.5. The highest BCUT2D eigenvalue weighted by atomic mass is 16.5. The molecule has 3 heterocycles. The molecule has 7 heteroatoms. The van der Waals surface area contributed by atoms with Gasteiger partial charge >= 0.3 is 0 Å². The number of ether oxygens (including phenoxy) is 1. The third-order valence-electron chi connectivity index (χ3n) is 5.81. The van der Waals surface area contributed by atoms with Crippen molar-refractivity contribution in [2.75, 3.05) is 38.2 Å². The number of allylic oxidation sites excluding steroid dienone is 1. The molecule has 32 heavy (non-hydrogen) atoms. The van der Waals surface area contributed by atoms with Crippen molar-refractivity contribution in [3.8, 4) is 0 Å². The largest absolute Gasteiger partial charge is 0.501 e. The van der Waals surface area contributed by atoms with E-state index in [-0.39, 0.29) is 0 Å². The number of amides is 1. The van der Waals surface area contributed by atoms with Gasteiger partial charge in [-0.25, -0.2) is 4.98 Å². The van der Waals surface area contributed by atoms with Crippen molar-refractivity contribution >= 4 is 40.1 Å². The summed E-state index contributed by atoms with van der Waals surface area (Å²) < 4.78 is 5.35. The van der Waals surface area contributed by atoms with Gasteiger partial charge in [0.15, 0.2) is 0 Å². The highest BCUT2D eigenvalue weighted by Crippen LogP contribution is 2.25. The molecule has 0 aliphatic carbocycles. The van der Waals surface area contributed by atoms with Gasteiger partial charge in [0.05, 0.1) is 12.7 Å². The smallest absolute Gasteiger partial charge is 0.295 e. The number of benzene rings is 1. The predicted octanol–water partition coefficient (Wildman–Crippen LogP) is 1.84. The van der Waals surface area contributed by atoms with E-state index in [1.165, 1.54) is 7.11 Å². The molecule has 1 amide bonds. The number of piperazine rings is 1. The molecular formula is C25H26N4O3. The average molecular weight is 431 g/mol. The lowest BCUT2D eigenvalue weighted by atomic mass is 10.1. The Morgan fingerprint density at radius 3 is 2.62 bits per heavy atom. The number of ketones is 1. The van der Waals surface area contributed by atoms with Gasteiger partial charge in [-0.05, 0) is 24.5 Å². The van der Waals surface area contributed by atoms with Gasteiger partial charge < -0.3 is 19.5 Å². The molecule has 164 valence electrons. The van der Waals surface area contributed by atoms with Crippen LogP contribution < -0.4 is 15.5 Å². The fourth-order valence-electron chi connectivity index (χ4n) is 4.08. The van der Waals surface area contributed by atoms with E-state index in [0.717, 1.165) is 16.6 Å². The van der Waals surface area contributed by atoms with E-state index in [9.17, 15) is 9.59 Å². The number of Topliss-reactive ketones (excluding diaryl/α,β-unsaturated/α-hetero) is 1. The molecular weight excluding hydrogens is 404 g/mol. The number of methoxy groups -OCH3 is 1. The first kappa shape index (κ1) is 21.4. The summed E-state index contributed by atoms with van der Waals surface area (Å²) in [5.41, 5.74) is 0.306. The van der Waals surface area contributed by atoms with Gasteiger partial charge in [0, 0.05) is 54.5 Å². The number of carbonyl (C=O) groups is 2. The van der Waals surface area contributed by atoms with Crippen molar-refractivity contribution in [1.29, 1.82) is 0 Å².